The Kier molecular flexibility index (Phi) is 4.19. The van der Waals surface area contributed by atoms with Crippen LogP contribution >= 0.6 is 0 Å². The highest BCUT2D eigenvalue weighted by Crippen LogP contribution is 2.30. The lowest BCUT2D eigenvalue weighted by Crippen LogP contribution is -2.34. The van der Waals surface area contributed by atoms with E-state index in [2.05, 4.69) is 14.7 Å². The molecule has 3 aromatic rings. The number of benzene rings is 1. The normalized spacial score (nSPS) is 15.2. The van der Waals surface area contributed by atoms with E-state index >= 15 is 0 Å². The minimum absolute atomic E-state index is 0.0271. The van der Waals surface area contributed by atoms with Crippen molar-refractivity contribution in [3.8, 4) is 0 Å². The first-order valence-electron chi connectivity index (χ1n) is 8.78. The number of hydrogen-bond donors (Lipinski definition) is 2. The van der Waals surface area contributed by atoms with Crippen LogP contribution in [0.2, 0.25) is 0 Å². The molecule has 9 heteroatoms. The summed E-state index contributed by atoms with van der Waals surface area (Å²) < 4.78 is 30.6. The van der Waals surface area contributed by atoms with Gasteiger partial charge in [-0.1, -0.05) is 26.0 Å². The Balaban J connectivity index is 2.03. The number of para-hydroxylation sites is 1. The molecule has 0 spiro atoms. The number of hydrogen-bond acceptors (Lipinski definition) is 6. The van der Waals surface area contributed by atoms with Gasteiger partial charge in [-0.2, -0.15) is 8.42 Å². The second kappa shape index (κ2) is 6.45. The summed E-state index contributed by atoms with van der Waals surface area (Å²) in [4.78, 5) is 17.7. The Morgan fingerprint density at radius 3 is 2.68 bits per heavy atom. The van der Waals surface area contributed by atoms with Crippen molar-refractivity contribution in [2.24, 2.45) is 10.3 Å². The molecular formula is C19H19N5O3S. The molecule has 1 aliphatic rings. The number of sulfonamides is 1. The lowest BCUT2D eigenvalue weighted by molar-refractivity contribution is 0.521. The molecule has 1 aromatic carbocycles. The molecule has 0 bridgehead atoms. The van der Waals surface area contributed by atoms with Crippen molar-refractivity contribution in [2.75, 3.05) is 11.1 Å². The number of amidine groups is 1. The Morgan fingerprint density at radius 2 is 1.93 bits per heavy atom. The third-order valence-electron chi connectivity index (χ3n) is 4.47. The van der Waals surface area contributed by atoms with Crippen molar-refractivity contribution < 1.29 is 8.42 Å². The van der Waals surface area contributed by atoms with Crippen LogP contribution in [0, 0.1) is 5.92 Å². The number of nitrogen functional groups attached to an aromatic ring is 1. The molecule has 0 amide bonds. The van der Waals surface area contributed by atoms with Crippen LogP contribution in [-0.2, 0) is 16.6 Å². The third-order valence-corrected chi connectivity index (χ3v) is 5.81. The second-order valence-corrected chi connectivity index (χ2v) is 8.58. The minimum Gasteiger partial charge on any atom is -0.397 e. The fraction of sp³-hybridized carbons (Fsp3) is 0.211. The van der Waals surface area contributed by atoms with Gasteiger partial charge in [0.1, 0.15) is 16.1 Å². The van der Waals surface area contributed by atoms with Crippen molar-refractivity contribution in [2.45, 2.75) is 25.3 Å². The van der Waals surface area contributed by atoms with E-state index in [-0.39, 0.29) is 27.9 Å². The fourth-order valence-electron chi connectivity index (χ4n) is 3.29. The largest absolute Gasteiger partial charge is 0.397 e. The molecule has 0 unspecified atom stereocenters. The Morgan fingerprint density at radius 1 is 1.18 bits per heavy atom. The molecule has 0 aliphatic carbocycles. The number of aromatic nitrogens is 2. The lowest BCUT2D eigenvalue weighted by atomic mass is 10.1. The first-order chi connectivity index (χ1) is 13.3. The number of anilines is 2. The zero-order valence-corrected chi connectivity index (χ0v) is 16.2. The topological polar surface area (TPSA) is 119 Å². The number of pyridine rings is 2. The zero-order valence-electron chi connectivity index (χ0n) is 15.4. The molecule has 8 nitrogen and oxygen atoms in total. The smallest absolute Gasteiger partial charge is 0.286 e. The summed E-state index contributed by atoms with van der Waals surface area (Å²) in [7, 11) is -3.96. The number of nitrogens with one attached hydrogen (secondary N) is 1. The molecule has 0 atom stereocenters. The average molecular weight is 397 g/mol. The SMILES string of the molecule is CC(C)Cn1c(=O)c(C2=NS(=O)(=O)c3ccccc3N2)c(N)c2cccnc21. The second-order valence-electron chi connectivity index (χ2n) is 7.01. The Bertz CT molecular complexity index is 1290. The summed E-state index contributed by atoms with van der Waals surface area (Å²) in [6, 6.07) is 9.87. The van der Waals surface area contributed by atoms with Crippen molar-refractivity contribution in [3.63, 3.8) is 0 Å². The maximum Gasteiger partial charge on any atom is 0.286 e. The highest BCUT2D eigenvalue weighted by molar-refractivity contribution is 7.90. The lowest BCUT2D eigenvalue weighted by Gasteiger charge is -2.21. The van der Waals surface area contributed by atoms with Gasteiger partial charge in [0, 0.05) is 18.1 Å². The van der Waals surface area contributed by atoms with Crippen LogP contribution in [0.4, 0.5) is 11.4 Å². The standard InChI is InChI=1S/C19H19N5O3S/c1-11(2)10-24-18-12(6-5-9-21-18)16(20)15(19(24)25)17-22-13-7-3-4-8-14(13)28(26,27)23-17/h3-9,11H,10,20H2,1-2H3,(H,22,23). The van der Waals surface area contributed by atoms with Gasteiger partial charge in [-0.05, 0) is 30.2 Å². The van der Waals surface area contributed by atoms with E-state index in [0.29, 0.717) is 23.3 Å². The molecule has 144 valence electrons. The number of rotatable bonds is 3. The van der Waals surface area contributed by atoms with Crippen LogP contribution in [0.25, 0.3) is 11.0 Å². The van der Waals surface area contributed by atoms with E-state index in [1.165, 1.54) is 10.6 Å². The van der Waals surface area contributed by atoms with Crippen molar-refractivity contribution in [1.29, 1.82) is 0 Å². The van der Waals surface area contributed by atoms with Crippen LogP contribution in [0.15, 0.2) is 56.7 Å². The van der Waals surface area contributed by atoms with E-state index in [0.717, 1.165) is 0 Å². The van der Waals surface area contributed by atoms with Gasteiger partial charge < -0.3 is 11.1 Å². The Labute approximate surface area is 161 Å². The molecule has 3 heterocycles. The quantitative estimate of drug-likeness (QED) is 0.699. The van der Waals surface area contributed by atoms with Crippen LogP contribution in [0.5, 0.6) is 0 Å². The molecule has 0 radical (unpaired) electrons. The zero-order chi connectivity index (χ0) is 20.1. The average Bonchev–Trinajstić information content (AvgIpc) is 2.65. The minimum atomic E-state index is -3.96. The van der Waals surface area contributed by atoms with E-state index in [4.69, 9.17) is 5.73 Å². The van der Waals surface area contributed by atoms with Gasteiger partial charge in [-0.25, -0.2) is 4.98 Å². The number of fused-ring (bicyclic) bond motifs is 2. The van der Waals surface area contributed by atoms with Crippen molar-refractivity contribution in [1.82, 2.24) is 9.55 Å². The predicted molar refractivity (Wildman–Crippen MR) is 109 cm³/mol. The van der Waals surface area contributed by atoms with Crippen LogP contribution in [0.3, 0.4) is 0 Å². The summed E-state index contributed by atoms with van der Waals surface area (Å²) in [6.45, 7) is 4.37. The van der Waals surface area contributed by atoms with E-state index < -0.39 is 15.6 Å². The molecule has 0 saturated heterocycles. The summed E-state index contributed by atoms with van der Waals surface area (Å²) in [5, 5.41) is 3.52. The summed E-state index contributed by atoms with van der Waals surface area (Å²) >= 11 is 0. The van der Waals surface area contributed by atoms with E-state index in [1.807, 2.05) is 13.8 Å². The first kappa shape index (κ1) is 18.2. The van der Waals surface area contributed by atoms with Gasteiger partial charge in [0.2, 0.25) is 0 Å². The van der Waals surface area contributed by atoms with Crippen LogP contribution in [-0.4, -0.2) is 23.8 Å². The molecule has 0 saturated carbocycles. The third kappa shape index (κ3) is 2.84. The summed E-state index contributed by atoms with van der Waals surface area (Å²) in [5.74, 6) is 0.0922. The van der Waals surface area contributed by atoms with Gasteiger partial charge in [0.05, 0.1) is 11.4 Å². The molecule has 0 fully saturated rings. The van der Waals surface area contributed by atoms with E-state index in [1.54, 1.807) is 36.5 Å². The van der Waals surface area contributed by atoms with Gasteiger partial charge >= 0.3 is 0 Å². The van der Waals surface area contributed by atoms with Crippen LogP contribution in [0.1, 0.15) is 19.4 Å². The van der Waals surface area contributed by atoms with Crippen molar-refractivity contribution in [3.05, 3.63) is 58.5 Å². The summed E-state index contributed by atoms with van der Waals surface area (Å²) in [6.07, 6.45) is 1.59. The number of nitrogens with zero attached hydrogens (tertiary/aromatic N) is 3. The molecule has 1 aliphatic heterocycles. The van der Waals surface area contributed by atoms with Gasteiger partial charge in [-0.3, -0.25) is 9.36 Å². The highest BCUT2D eigenvalue weighted by atomic mass is 32.2. The highest BCUT2D eigenvalue weighted by Gasteiger charge is 2.29. The molecule has 2 aromatic heterocycles. The molecule has 28 heavy (non-hydrogen) atoms. The molecule has 4 rings (SSSR count). The maximum atomic E-state index is 13.3. The van der Waals surface area contributed by atoms with Crippen molar-refractivity contribution >= 4 is 38.3 Å². The predicted octanol–water partition coefficient (Wildman–Crippen LogP) is 2.20. The van der Waals surface area contributed by atoms with E-state index in [9.17, 15) is 13.2 Å². The molecule has 3 N–H and O–H groups in total. The Hall–Kier alpha value is -3.20. The summed E-state index contributed by atoms with van der Waals surface area (Å²) in [5.41, 5.74) is 6.85. The first-order valence-corrected chi connectivity index (χ1v) is 10.2. The van der Waals surface area contributed by atoms with Gasteiger partial charge in [0.15, 0.2) is 5.84 Å². The monoisotopic (exact) mass is 397 g/mol. The van der Waals surface area contributed by atoms with Gasteiger partial charge in [0.25, 0.3) is 15.6 Å². The molecular weight excluding hydrogens is 378 g/mol. The van der Waals surface area contributed by atoms with Crippen LogP contribution < -0.4 is 16.6 Å². The number of nitrogens with two attached hydrogens (primary N) is 1. The maximum absolute atomic E-state index is 13.3. The fourth-order valence-corrected chi connectivity index (χ4v) is 4.41. The van der Waals surface area contributed by atoms with Gasteiger partial charge in [-0.15, -0.1) is 4.40 Å².